The molecule has 0 aromatic carbocycles. The second kappa shape index (κ2) is 4.28. The van der Waals surface area contributed by atoms with Crippen molar-refractivity contribution >= 4 is 11.2 Å². The van der Waals surface area contributed by atoms with Crippen molar-refractivity contribution in [2.75, 3.05) is 12.3 Å². The molecule has 0 bridgehead atoms. The first kappa shape index (κ1) is 11.5. The van der Waals surface area contributed by atoms with Crippen LogP contribution in [0.1, 0.15) is 38.6 Å². The van der Waals surface area contributed by atoms with Crippen LogP contribution in [-0.4, -0.2) is 26.9 Å². The highest BCUT2D eigenvalue weighted by Gasteiger charge is 2.30. The van der Waals surface area contributed by atoms with Crippen LogP contribution in [0.2, 0.25) is 0 Å². The predicted molar refractivity (Wildman–Crippen MR) is 73.4 cm³/mol. The standard InChI is InChI=1S/C14H20N4/c1-10(2)17-6-3-4-13(17)14-16-9-12-8-11(15)5-7-18(12)14/h5,7-10,13H,3-4,6,15H2,1-2H3. The maximum Gasteiger partial charge on any atom is 0.130 e. The Hall–Kier alpha value is -1.55. The van der Waals surface area contributed by atoms with E-state index in [1.54, 1.807) is 0 Å². The van der Waals surface area contributed by atoms with Gasteiger partial charge in [0.25, 0.3) is 0 Å². The Kier molecular flexibility index (Phi) is 2.74. The number of anilines is 1. The molecule has 1 fully saturated rings. The summed E-state index contributed by atoms with van der Waals surface area (Å²) in [6.45, 7) is 5.68. The molecule has 3 rings (SSSR count). The molecule has 96 valence electrons. The van der Waals surface area contributed by atoms with Crippen LogP contribution in [0.25, 0.3) is 5.52 Å². The van der Waals surface area contributed by atoms with E-state index in [0.717, 1.165) is 17.0 Å². The molecule has 2 aromatic heterocycles. The zero-order valence-electron chi connectivity index (χ0n) is 11.0. The molecule has 1 aliphatic rings. The fourth-order valence-corrected chi connectivity index (χ4v) is 2.97. The molecule has 2 N–H and O–H groups in total. The summed E-state index contributed by atoms with van der Waals surface area (Å²) in [6, 6.07) is 4.92. The highest BCUT2D eigenvalue weighted by Crippen LogP contribution is 2.33. The van der Waals surface area contributed by atoms with Gasteiger partial charge in [-0.25, -0.2) is 4.98 Å². The summed E-state index contributed by atoms with van der Waals surface area (Å²) in [5.74, 6) is 1.15. The summed E-state index contributed by atoms with van der Waals surface area (Å²) in [4.78, 5) is 7.15. The Morgan fingerprint density at radius 3 is 3.06 bits per heavy atom. The van der Waals surface area contributed by atoms with Crippen LogP contribution in [-0.2, 0) is 0 Å². The Balaban J connectivity index is 2.04. The average Bonchev–Trinajstić information content (AvgIpc) is 2.92. The number of nitrogen functional groups attached to an aromatic ring is 1. The highest BCUT2D eigenvalue weighted by atomic mass is 15.2. The second-order valence-corrected chi connectivity index (χ2v) is 5.36. The molecular weight excluding hydrogens is 224 g/mol. The van der Waals surface area contributed by atoms with E-state index in [2.05, 4.69) is 28.1 Å². The average molecular weight is 244 g/mol. The van der Waals surface area contributed by atoms with Crippen LogP contribution < -0.4 is 5.73 Å². The van der Waals surface area contributed by atoms with Gasteiger partial charge in [-0.1, -0.05) is 0 Å². The third-order valence-electron chi connectivity index (χ3n) is 3.84. The molecule has 0 amide bonds. The summed E-state index contributed by atoms with van der Waals surface area (Å²) in [7, 11) is 0. The largest absolute Gasteiger partial charge is 0.399 e. The van der Waals surface area contributed by atoms with Crippen LogP contribution in [0.15, 0.2) is 24.5 Å². The van der Waals surface area contributed by atoms with Gasteiger partial charge in [0.15, 0.2) is 0 Å². The minimum atomic E-state index is 0.441. The molecular formula is C14H20N4. The summed E-state index contributed by atoms with van der Waals surface area (Å²) in [6.07, 6.45) is 6.40. The van der Waals surface area contributed by atoms with Gasteiger partial charge in [0, 0.05) is 17.9 Å². The predicted octanol–water partition coefficient (Wildman–Crippen LogP) is 2.46. The lowest BCUT2D eigenvalue weighted by Gasteiger charge is -2.27. The van der Waals surface area contributed by atoms with Crippen LogP contribution >= 0.6 is 0 Å². The molecule has 3 heterocycles. The Bertz CT molecular complexity index is 558. The number of fused-ring (bicyclic) bond motifs is 1. The normalized spacial score (nSPS) is 21.2. The van der Waals surface area contributed by atoms with E-state index in [1.807, 2.05) is 24.5 Å². The summed E-state index contributed by atoms with van der Waals surface area (Å²) >= 11 is 0. The van der Waals surface area contributed by atoms with E-state index in [9.17, 15) is 0 Å². The summed E-state index contributed by atoms with van der Waals surface area (Å²) in [5.41, 5.74) is 7.69. The fourth-order valence-electron chi connectivity index (χ4n) is 2.97. The maximum absolute atomic E-state index is 5.81. The third-order valence-corrected chi connectivity index (χ3v) is 3.84. The van der Waals surface area contributed by atoms with Gasteiger partial charge >= 0.3 is 0 Å². The van der Waals surface area contributed by atoms with Crippen LogP contribution in [0.5, 0.6) is 0 Å². The van der Waals surface area contributed by atoms with Crippen molar-refractivity contribution in [1.29, 1.82) is 0 Å². The fraction of sp³-hybridized carbons (Fsp3) is 0.500. The van der Waals surface area contributed by atoms with Crippen molar-refractivity contribution < 1.29 is 0 Å². The molecule has 18 heavy (non-hydrogen) atoms. The minimum Gasteiger partial charge on any atom is -0.399 e. The van der Waals surface area contributed by atoms with E-state index < -0.39 is 0 Å². The van der Waals surface area contributed by atoms with E-state index in [4.69, 9.17) is 5.73 Å². The third kappa shape index (κ3) is 1.77. The molecule has 4 nitrogen and oxygen atoms in total. The molecule has 1 saturated heterocycles. The quantitative estimate of drug-likeness (QED) is 0.882. The first-order valence-electron chi connectivity index (χ1n) is 6.65. The first-order valence-corrected chi connectivity index (χ1v) is 6.65. The number of pyridine rings is 1. The molecule has 2 aromatic rings. The molecule has 4 heteroatoms. The zero-order valence-corrected chi connectivity index (χ0v) is 11.0. The van der Waals surface area contributed by atoms with E-state index in [0.29, 0.717) is 12.1 Å². The van der Waals surface area contributed by atoms with Crippen molar-refractivity contribution in [3.63, 3.8) is 0 Å². The van der Waals surface area contributed by atoms with Crippen molar-refractivity contribution in [3.05, 3.63) is 30.4 Å². The van der Waals surface area contributed by atoms with Gasteiger partial charge in [-0.15, -0.1) is 0 Å². The van der Waals surface area contributed by atoms with Crippen LogP contribution in [0, 0.1) is 0 Å². The first-order chi connectivity index (χ1) is 8.66. The summed E-state index contributed by atoms with van der Waals surface area (Å²) in [5, 5.41) is 0. The Labute approximate surface area is 107 Å². The molecule has 0 spiro atoms. The number of aromatic nitrogens is 2. The van der Waals surface area contributed by atoms with Gasteiger partial charge in [-0.3, -0.25) is 4.90 Å². The molecule has 1 atom stereocenters. The number of hydrogen-bond donors (Lipinski definition) is 1. The molecule has 0 radical (unpaired) electrons. The lowest BCUT2D eigenvalue weighted by molar-refractivity contribution is 0.198. The van der Waals surface area contributed by atoms with Crippen LogP contribution in [0.3, 0.4) is 0 Å². The zero-order chi connectivity index (χ0) is 12.7. The van der Waals surface area contributed by atoms with E-state index in [-0.39, 0.29) is 0 Å². The number of likely N-dealkylation sites (tertiary alicyclic amines) is 1. The Morgan fingerprint density at radius 2 is 2.28 bits per heavy atom. The molecule has 1 unspecified atom stereocenters. The van der Waals surface area contributed by atoms with E-state index in [1.165, 1.54) is 19.4 Å². The van der Waals surface area contributed by atoms with Crippen molar-refractivity contribution in [2.24, 2.45) is 0 Å². The molecule has 0 aliphatic carbocycles. The van der Waals surface area contributed by atoms with Gasteiger partial charge in [0.2, 0.25) is 0 Å². The maximum atomic E-state index is 5.81. The van der Waals surface area contributed by atoms with Crippen molar-refractivity contribution in [3.8, 4) is 0 Å². The van der Waals surface area contributed by atoms with Crippen LogP contribution in [0.4, 0.5) is 5.69 Å². The smallest absolute Gasteiger partial charge is 0.130 e. The van der Waals surface area contributed by atoms with Gasteiger partial charge in [0.05, 0.1) is 17.8 Å². The summed E-state index contributed by atoms with van der Waals surface area (Å²) < 4.78 is 2.17. The number of rotatable bonds is 2. The topological polar surface area (TPSA) is 46.6 Å². The van der Waals surface area contributed by atoms with Gasteiger partial charge < -0.3 is 10.1 Å². The molecule has 1 aliphatic heterocycles. The lowest BCUT2D eigenvalue weighted by Crippen LogP contribution is -2.31. The monoisotopic (exact) mass is 244 g/mol. The van der Waals surface area contributed by atoms with Crippen molar-refractivity contribution in [2.45, 2.75) is 38.8 Å². The molecule has 0 saturated carbocycles. The van der Waals surface area contributed by atoms with Crippen molar-refractivity contribution in [1.82, 2.24) is 14.3 Å². The minimum absolute atomic E-state index is 0.441. The lowest BCUT2D eigenvalue weighted by atomic mass is 10.2. The Morgan fingerprint density at radius 1 is 1.44 bits per heavy atom. The number of imidazole rings is 1. The van der Waals surface area contributed by atoms with Gasteiger partial charge in [0.1, 0.15) is 5.82 Å². The van der Waals surface area contributed by atoms with E-state index >= 15 is 0 Å². The number of nitrogens with zero attached hydrogens (tertiary/aromatic N) is 3. The van der Waals surface area contributed by atoms with Gasteiger partial charge in [-0.2, -0.15) is 0 Å². The van der Waals surface area contributed by atoms with Gasteiger partial charge in [-0.05, 0) is 45.4 Å². The second-order valence-electron chi connectivity index (χ2n) is 5.36. The number of hydrogen-bond acceptors (Lipinski definition) is 3. The number of nitrogens with two attached hydrogens (primary N) is 1. The SMILES string of the molecule is CC(C)N1CCCC1c1ncc2cc(N)ccn12. The highest BCUT2D eigenvalue weighted by molar-refractivity contribution is 5.56.